The molecule has 0 radical (unpaired) electrons. The fourth-order valence-electron chi connectivity index (χ4n) is 5.20. The van der Waals surface area contributed by atoms with E-state index in [1.54, 1.807) is 56.4 Å². The van der Waals surface area contributed by atoms with Gasteiger partial charge in [0.2, 0.25) is 0 Å². The van der Waals surface area contributed by atoms with Gasteiger partial charge in [-0.15, -0.1) is 0 Å². The van der Waals surface area contributed by atoms with Crippen molar-refractivity contribution in [3.05, 3.63) is 119 Å². The molecule has 0 aliphatic heterocycles. The van der Waals surface area contributed by atoms with Crippen molar-refractivity contribution in [2.45, 2.75) is 36.5 Å². The first-order valence-electron chi connectivity index (χ1n) is 14.4. The lowest BCUT2D eigenvalue weighted by atomic mass is 9.92. The number of hydrogen-bond donors (Lipinski definition) is 1. The number of anilines is 2. The molecule has 1 aromatic heterocycles. The van der Waals surface area contributed by atoms with E-state index >= 15 is 0 Å². The third-order valence-electron chi connectivity index (χ3n) is 8.27. The molecule has 0 aliphatic rings. The summed E-state index contributed by atoms with van der Waals surface area (Å²) >= 11 is 6.35. The van der Waals surface area contributed by atoms with E-state index in [2.05, 4.69) is 10.3 Å². The predicted molar refractivity (Wildman–Crippen MR) is 186 cm³/mol. The molecule has 1 N–H and O–H groups in total. The molecule has 11 heteroatoms. The van der Waals surface area contributed by atoms with Crippen LogP contribution in [0.1, 0.15) is 37.9 Å². The Balaban J connectivity index is 1.62. The van der Waals surface area contributed by atoms with Crippen LogP contribution in [0.2, 0.25) is 5.02 Å². The summed E-state index contributed by atoms with van der Waals surface area (Å²) in [5.74, 6) is 0. The Kier molecular flexibility index (Phi) is 9.01. The largest absolute Gasteiger partial charge is 0.326 e. The van der Waals surface area contributed by atoms with Gasteiger partial charge in [0, 0.05) is 35.3 Å². The lowest BCUT2D eigenvalue weighted by Gasteiger charge is -2.30. The van der Waals surface area contributed by atoms with Gasteiger partial charge < -0.3 is 5.32 Å². The highest BCUT2D eigenvalue weighted by Crippen LogP contribution is 2.38. The Bertz CT molecular complexity index is 2170. The zero-order valence-electron chi connectivity index (χ0n) is 26.0. The van der Waals surface area contributed by atoms with Gasteiger partial charge in [-0.1, -0.05) is 48.0 Å². The van der Waals surface area contributed by atoms with Gasteiger partial charge in [-0.05, 0) is 98.1 Å². The average Bonchev–Trinajstić information content (AvgIpc) is 3.01. The first-order valence-corrected chi connectivity index (χ1v) is 18.6. The lowest BCUT2D eigenvalue weighted by Crippen LogP contribution is -2.37. The number of hydrogen-bond acceptors (Lipinski definition) is 6. The van der Waals surface area contributed by atoms with Crippen LogP contribution in [0.15, 0.2) is 108 Å². The molecule has 0 fully saturated rings. The Labute approximate surface area is 274 Å². The van der Waals surface area contributed by atoms with E-state index in [9.17, 15) is 21.6 Å². The van der Waals surface area contributed by atoms with Gasteiger partial charge in [0.05, 0.1) is 31.9 Å². The van der Waals surface area contributed by atoms with Crippen LogP contribution in [-0.2, 0) is 24.4 Å². The molecule has 2 amide bonds. The number of urea groups is 1. The van der Waals surface area contributed by atoms with Crippen molar-refractivity contribution in [2.75, 3.05) is 22.7 Å². The summed E-state index contributed by atoms with van der Waals surface area (Å²) in [6, 6.07) is 27.1. The second kappa shape index (κ2) is 12.5. The smallest absolute Gasteiger partial charge is 0.306 e. The number of sulfone groups is 2. The van der Waals surface area contributed by atoms with Crippen molar-refractivity contribution < 1.29 is 21.6 Å². The first-order chi connectivity index (χ1) is 21.6. The van der Waals surface area contributed by atoms with Crippen molar-refractivity contribution in [1.29, 1.82) is 0 Å². The van der Waals surface area contributed by atoms with Crippen LogP contribution in [0.3, 0.4) is 0 Å². The molecule has 0 saturated carbocycles. The zero-order valence-corrected chi connectivity index (χ0v) is 28.4. The summed E-state index contributed by atoms with van der Waals surface area (Å²) in [6.45, 7) is 5.24. The fraction of sp³-hybridized carbons (Fsp3) is 0.200. The van der Waals surface area contributed by atoms with Crippen LogP contribution < -0.4 is 10.2 Å². The number of para-hydroxylation sites is 1. The summed E-state index contributed by atoms with van der Waals surface area (Å²) in [5.41, 5.74) is 4.56. The maximum absolute atomic E-state index is 13.9. The van der Waals surface area contributed by atoms with Crippen LogP contribution in [-0.4, -0.2) is 40.4 Å². The number of pyridine rings is 1. The Morgan fingerprint density at radius 2 is 1.57 bits per heavy atom. The van der Waals surface area contributed by atoms with Gasteiger partial charge in [0.25, 0.3) is 0 Å². The van der Waals surface area contributed by atoms with E-state index in [1.165, 1.54) is 23.3 Å². The zero-order chi connectivity index (χ0) is 33.4. The monoisotopic (exact) mass is 675 g/mol. The predicted octanol–water partition coefficient (Wildman–Crippen LogP) is 8.04. The van der Waals surface area contributed by atoms with Crippen LogP contribution in [0.5, 0.6) is 0 Å². The normalized spacial score (nSPS) is 12.9. The van der Waals surface area contributed by atoms with E-state index in [-0.39, 0.29) is 4.90 Å². The summed E-state index contributed by atoms with van der Waals surface area (Å²) < 4.78 is 48.7. The van der Waals surface area contributed by atoms with Gasteiger partial charge in [0.15, 0.2) is 19.7 Å². The van der Waals surface area contributed by atoms with Gasteiger partial charge in [-0.3, -0.25) is 9.88 Å². The average molecular weight is 676 g/mol. The number of benzene rings is 4. The molecular weight excluding hydrogens is 642 g/mol. The highest BCUT2D eigenvalue weighted by atomic mass is 35.5. The van der Waals surface area contributed by atoms with Gasteiger partial charge in [-0.25, -0.2) is 21.6 Å². The summed E-state index contributed by atoms with van der Waals surface area (Å²) in [5, 5.41) is 4.06. The molecule has 1 heterocycles. The van der Waals surface area contributed by atoms with Crippen LogP contribution >= 0.6 is 11.6 Å². The quantitative estimate of drug-likeness (QED) is 0.178. The van der Waals surface area contributed by atoms with Gasteiger partial charge >= 0.3 is 6.03 Å². The first kappa shape index (κ1) is 33.1. The molecule has 238 valence electrons. The third kappa shape index (κ3) is 6.65. The highest BCUT2D eigenvalue weighted by molar-refractivity contribution is 7.91. The van der Waals surface area contributed by atoms with Crippen LogP contribution in [0.25, 0.3) is 22.0 Å². The van der Waals surface area contributed by atoms with E-state index < -0.39 is 36.5 Å². The van der Waals surface area contributed by atoms with Crippen molar-refractivity contribution in [1.82, 2.24) is 4.98 Å². The number of rotatable bonds is 8. The molecule has 0 saturated heterocycles. The van der Waals surface area contributed by atoms with Gasteiger partial charge in [-0.2, -0.15) is 0 Å². The fourth-order valence-corrected chi connectivity index (χ4v) is 6.56. The molecule has 8 nitrogen and oxygen atoms in total. The molecule has 0 spiro atoms. The van der Waals surface area contributed by atoms with Crippen molar-refractivity contribution in [3.8, 4) is 11.1 Å². The number of aromatic nitrogens is 1. The Hall–Kier alpha value is -4.25. The third-order valence-corrected chi connectivity index (χ3v) is 11.8. The van der Waals surface area contributed by atoms with Crippen molar-refractivity contribution in [2.24, 2.45) is 0 Å². The molecule has 5 aromatic rings. The van der Waals surface area contributed by atoms with E-state index in [0.29, 0.717) is 27.5 Å². The Morgan fingerprint density at radius 3 is 2.22 bits per heavy atom. The minimum absolute atomic E-state index is 0.133. The summed E-state index contributed by atoms with van der Waals surface area (Å²) in [6.07, 6.45) is 4.05. The molecule has 0 bridgehead atoms. The van der Waals surface area contributed by atoms with E-state index in [1.807, 2.05) is 55.5 Å². The van der Waals surface area contributed by atoms with Gasteiger partial charge in [0.1, 0.15) is 0 Å². The number of carbonyl (C=O) groups excluding carboxylic acids is 1. The number of amides is 2. The number of carbonyl (C=O) groups is 1. The second-order valence-electron chi connectivity index (χ2n) is 11.7. The molecule has 5 rings (SSSR count). The number of nitrogens with one attached hydrogen (secondary N) is 1. The maximum Gasteiger partial charge on any atom is 0.326 e. The standard InChI is InChI=1S/C35H34ClN3O5S2/c1-23(39(28-15-17-29(18-16-28)45(4,41)42)34(40)38-32-14-7-6-13-31(32)36)24-10-8-11-25(20-24)30-22-27(35(2,3)46(5,43)44)21-26-12-9-19-37-33(26)30/h6-23H,1-5H3,(H,38,40). The molecule has 0 aliphatic carbocycles. The molecule has 4 aromatic carbocycles. The second-order valence-corrected chi connectivity index (χ2v) is 16.7. The molecule has 1 atom stereocenters. The minimum atomic E-state index is -3.46. The van der Waals surface area contributed by atoms with Crippen molar-refractivity contribution >= 4 is 59.6 Å². The Morgan fingerprint density at radius 1 is 0.870 bits per heavy atom. The lowest BCUT2D eigenvalue weighted by molar-refractivity contribution is 0.255. The van der Waals surface area contributed by atoms with Crippen LogP contribution in [0, 0.1) is 0 Å². The number of nitrogens with zero attached hydrogens (tertiary/aromatic N) is 2. The summed E-state index contributed by atoms with van der Waals surface area (Å²) in [7, 11) is -6.91. The summed E-state index contributed by atoms with van der Waals surface area (Å²) in [4.78, 5) is 20.2. The molecule has 1 unspecified atom stereocenters. The minimum Gasteiger partial charge on any atom is -0.306 e. The number of halogens is 1. The van der Waals surface area contributed by atoms with Crippen molar-refractivity contribution in [3.63, 3.8) is 0 Å². The molecular formula is C35H34ClN3O5S2. The number of fused-ring (bicyclic) bond motifs is 1. The maximum atomic E-state index is 13.9. The van der Waals surface area contributed by atoms with E-state index in [0.717, 1.165) is 28.3 Å². The van der Waals surface area contributed by atoms with Crippen LogP contribution in [0.4, 0.5) is 16.2 Å². The highest BCUT2D eigenvalue weighted by Gasteiger charge is 2.33. The SMILES string of the molecule is CC(c1cccc(-c2cc(C(C)(C)S(C)(=O)=O)cc3cccnc23)c1)N(C(=O)Nc1ccccc1Cl)c1ccc(S(C)(=O)=O)cc1. The van der Waals surface area contributed by atoms with E-state index in [4.69, 9.17) is 11.6 Å². The molecule has 46 heavy (non-hydrogen) atoms. The topological polar surface area (TPSA) is 114 Å².